The highest BCUT2D eigenvalue weighted by Crippen LogP contribution is 2.49. The number of ether oxygens (including phenoxy) is 4. The molecule has 0 radical (unpaired) electrons. The Bertz CT molecular complexity index is 2000. The maximum absolute atomic E-state index is 13.4. The number of rotatable bonds is 7. The zero-order chi connectivity index (χ0) is 35.1. The first kappa shape index (κ1) is 32.7. The summed E-state index contributed by atoms with van der Waals surface area (Å²) in [5.41, 5.74) is 4.63. The van der Waals surface area contributed by atoms with Crippen LogP contribution >= 0.6 is 0 Å². The molecule has 51 heavy (non-hydrogen) atoms. The third kappa shape index (κ3) is 5.46. The maximum Gasteiger partial charge on any atom is 0.410 e. The molecule has 4 aromatic rings. The Balaban J connectivity index is 1.16. The van der Waals surface area contributed by atoms with Gasteiger partial charge in [0.1, 0.15) is 23.8 Å². The normalized spacial score (nSPS) is 23.5. The Hall–Kier alpha value is -4.22. The van der Waals surface area contributed by atoms with Crippen LogP contribution in [-0.2, 0) is 9.47 Å². The monoisotopic (exact) mass is 692 g/mol. The summed E-state index contributed by atoms with van der Waals surface area (Å²) in [5.74, 6) is 1.60. The number of fused-ring (bicyclic) bond motifs is 7. The smallest absolute Gasteiger partial charge is 0.410 e. The topological polar surface area (TPSA) is 102 Å². The fourth-order valence-corrected chi connectivity index (χ4v) is 9.69. The molecule has 0 spiro atoms. The number of hydrogen-bond donors (Lipinski definition) is 0. The van der Waals surface area contributed by atoms with E-state index in [4.69, 9.17) is 33.9 Å². The maximum atomic E-state index is 13.4. The Labute approximate surface area is 299 Å². The predicted molar refractivity (Wildman–Crippen MR) is 196 cm³/mol. The molecule has 1 aliphatic carbocycles. The number of aromatic nitrogens is 3. The van der Waals surface area contributed by atoms with Gasteiger partial charge in [-0.05, 0) is 101 Å². The second-order valence-electron chi connectivity index (χ2n) is 16.2. The second kappa shape index (κ2) is 12.2. The Morgan fingerprint density at radius 2 is 1.78 bits per heavy atom. The lowest BCUT2D eigenvalue weighted by molar-refractivity contribution is 0.0122. The molecule has 2 bridgehead atoms. The Morgan fingerprint density at radius 1 is 1.02 bits per heavy atom. The van der Waals surface area contributed by atoms with Crippen molar-refractivity contribution in [1.82, 2.24) is 24.8 Å². The highest BCUT2D eigenvalue weighted by Gasteiger charge is 2.47. The van der Waals surface area contributed by atoms with Crippen LogP contribution < -0.4 is 14.4 Å². The third-order valence-corrected chi connectivity index (χ3v) is 11.9. The van der Waals surface area contributed by atoms with Crippen molar-refractivity contribution in [3.8, 4) is 23.0 Å². The lowest BCUT2D eigenvalue weighted by Gasteiger charge is -2.42. The van der Waals surface area contributed by atoms with Crippen molar-refractivity contribution in [3.63, 3.8) is 0 Å². The van der Waals surface area contributed by atoms with Crippen LogP contribution in [0.3, 0.4) is 0 Å². The molecule has 4 fully saturated rings. The van der Waals surface area contributed by atoms with Gasteiger partial charge in [0, 0.05) is 43.4 Å². The first-order chi connectivity index (χ1) is 24.6. The van der Waals surface area contributed by atoms with Crippen molar-refractivity contribution >= 4 is 33.6 Å². The van der Waals surface area contributed by atoms with Gasteiger partial charge in [0.05, 0.1) is 34.2 Å². The molecule has 0 saturated carbocycles. The molecule has 9 rings (SSSR count). The fourth-order valence-electron chi connectivity index (χ4n) is 9.69. The van der Waals surface area contributed by atoms with E-state index in [9.17, 15) is 4.79 Å². The van der Waals surface area contributed by atoms with E-state index in [0.29, 0.717) is 25.7 Å². The van der Waals surface area contributed by atoms with Gasteiger partial charge in [0.2, 0.25) is 0 Å². The van der Waals surface area contributed by atoms with Crippen LogP contribution in [0.4, 0.5) is 10.6 Å². The molecule has 2 aromatic carbocycles. The average Bonchev–Trinajstić information content (AvgIpc) is 3.77. The van der Waals surface area contributed by atoms with Gasteiger partial charge in [-0.3, -0.25) is 14.8 Å². The van der Waals surface area contributed by atoms with Gasteiger partial charge in [-0.1, -0.05) is 25.1 Å². The van der Waals surface area contributed by atoms with Crippen molar-refractivity contribution in [2.75, 3.05) is 51.6 Å². The molecule has 1 amide bonds. The number of hydrogen-bond acceptors (Lipinski definition) is 10. The standard InChI is InChI=1S/C40H48N6O5/c1-24-29-10-6-9-25-17-28(50-23-48-5)18-30(33(25)29)34-32(24)35-31(19-41-34)36(43-37(42-35)49-22-40-13-7-15-45(40)16-8-14-40)44-20-26-11-12-27(21-44)46(26)38(47)51-39(2,3)4/h6,9-10,17-19,24,26-27H,7-8,11-16,20-23H2,1-5H3. The third-order valence-electron chi connectivity index (χ3n) is 11.9. The summed E-state index contributed by atoms with van der Waals surface area (Å²) in [6.07, 6.45) is 8.29. The molecule has 11 heteroatoms. The van der Waals surface area contributed by atoms with E-state index in [-0.39, 0.29) is 36.4 Å². The van der Waals surface area contributed by atoms with Crippen LogP contribution in [0.5, 0.6) is 11.8 Å². The number of carbonyl (C=O) groups is 1. The predicted octanol–water partition coefficient (Wildman–Crippen LogP) is 6.89. The largest absolute Gasteiger partial charge is 0.468 e. The van der Waals surface area contributed by atoms with Gasteiger partial charge in [0.15, 0.2) is 6.79 Å². The first-order valence-corrected chi connectivity index (χ1v) is 18.7. The number of carbonyl (C=O) groups excluding carboxylic acids is 1. The van der Waals surface area contributed by atoms with Crippen LogP contribution in [-0.4, -0.2) is 101 Å². The number of benzene rings is 2. The summed E-state index contributed by atoms with van der Waals surface area (Å²) in [5, 5.41) is 3.21. The summed E-state index contributed by atoms with van der Waals surface area (Å²) in [6.45, 7) is 12.4. The Kier molecular flexibility index (Phi) is 7.81. The molecular formula is C40H48N6O5. The average molecular weight is 693 g/mol. The minimum Gasteiger partial charge on any atom is -0.468 e. The molecule has 4 saturated heterocycles. The lowest BCUT2D eigenvalue weighted by atomic mass is 9.79. The Morgan fingerprint density at radius 3 is 2.51 bits per heavy atom. The summed E-state index contributed by atoms with van der Waals surface area (Å²) in [6, 6.07) is 11.1. The van der Waals surface area contributed by atoms with Crippen molar-refractivity contribution in [3.05, 3.63) is 47.7 Å². The molecule has 4 aliphatic heterocycles. The number of pyridine rings is 1. The van der Waals surface area contributed by atoms with Crippen molar-refractivity contribution in [2.45, 2.75) is 95.4 Å². The van der Waals surface area contributed by atoms with Gasteiger partial charge >= 0.3 is 12.1 Å². The molecule has 11 nitrogen and oxygen atoms in total. The van der Waals surface area contributed by atoms with Gasteiger partial charge in [-0.15, -0.1) is 0 Å². The number of nitrogens with zero attached hydrogens (tertiary/aromatic N) is 6. The van der Waals surface area contributed by atoms with E-state index >= 15 is 0 Å². The van der Waals surface area contributed by atoms with E-state index in [0.717, 1.165) is 83.5 Å². The highest BCUT2D eigenvalue weighted by atomic mass is 16.7. The van der Waals surface area contributed by atoms with Crippen molar-refractivity contribution in [2.24, 2.45) is 0 Å². The summed E-state index contributed by atoms with van der Waals surface area (Å²) in [4.78, 5) is 35.9. The van der Waals surface area contributed by atoms with Crippen LogP contribution in [0, 0.1) is 0 Å². The van der Waals surface area contributed by atoms with E-state index in [2.05, 4.69) is 47.1 Å². The van der Waals surface area contributed by atoms with Gasteiger partial charge in [-0.2, -0.15) is 9.97 Å². The van der Waals surface area contributed by atoms with Gasteiger partial charge in [-0.25, -0.2) is 4.79 Å². The number of amides is 1. The molecule has 0 N–H and O–H groups in total. The SMILES string of the molecule is COCOc1cc2c3c(cccc3c1)C(C)c1c-2ncc2c(N3CC4CCC(C3)N4C(=O)OC(C)(C)C)nc(OCC34CCCN3CCC4)nc12. The van der Waals surface area contributed by atoms with E-state index in [1.54, 1.807) is 7.11 Å². The van der Waals surface area contributed by atoms with Crippen LogP contribution in [0.25, 0.3) is 32.9 Å². The highest BCUT2D eigenvalue weighted by molar-refractivity contribution is 6.06. The molecule has 3 atom stereocenters. The zero-order valence-corrected chi connectivity index (χ0v) is 30.4. The summed E-state index contributed by atoms with van der Waals surface area (Å²) in [7, 11) is 1.63. The number of anilines is 1. The van der Waals surface area contributed by atoms with E-state index < -0.39 is 5.60 Å². The number of methoxy groups -OCH3 is 1. The van der Waals surface area contributed by atoms with Gasteiger partial charge in [0.25, 0.3) is 0 Å². The van der Waals surface area contributed by atoms with Crippen molar-refractivity contribution < 1.29 is 23.7 Å². The lowest BCUT2D eigenvalue weighted by Crippen LogP contribution is -2.57. The van der Waals surface area contributed by atoms with E-state index in [1.165, 1.54) is 23.8 Å². The second-order valence-corrected chi connectivity index (χ2v) is 16.2. The summed E-state index contributed by atoms with van der Waals surface area (Å²) < 4.78 is 23.8. The quantitative estimate of drug-likeness (QED) is 0.190. The minimum absolute atomic E-state index is 0.0349. The molecular weight excluding hydrogens is 644 g/mol. The molecule has 268 valence electrons. The van der Waals surface area contributed by atoms with Crippen LogP contribution in [0.15, 0.2) is 36.5 Å². The zero-order valence-electron chi connectivity index (χ0n) is 30.4. The van der Waals surface area contributed by atoms with E-state index in [1.807, 2.05) is 31.9 Å². The molecule has 3 unspecified atom stereocenters. The number of piperazine rings is 1. The van der Waals surface area contributed by atoms with Crippen LogP contribution in [0.1, 0.15) is 83.3 Å². The molecule has 5 aliphatic rings. The van der Waals surface area contributed by atoms with Crippen molar-refractivity contribution in [1.29, 1.82) is 0 Å². The van der Waals surface area contributed by atoms with Gasteiger partial charge < -0.3 is 23.8 Å². The fraction of sp³-hybridized carbons (Fsp3) is 0.550. The molecule has 2 aromatic heterocycles. The minimum atomic E-state index is -0.544. The molecule has 6 heterocycles. The summed E-state index contributed by atoms with van der Waals surface area (Å²) >= 11 is 0. The first-order valence-electron chi connectivity index (χ1n) is 18.7. The van der Waals surface area contributed by atoms with Crippen LogP contribution in [0.2, 0.25) is 0 Å².